The molecular formula is C11H20ClNO2. The maximum absolute atomic E-state index is 12.0. The summed E-state index contributed by atoms with van der Waals surface area (Å²) in [6.07, 6.45) is 1.54. The Kier molecular flexibility index (Phi) is 4.01. The molecule has 0 aromatic rings. The molecule has 1 saturated heterocycles. The molecule has 0 spiro atoms. The van der Waals surface area contributed by atoms with E-state index in [1.54, 1.807) is 0 Å². The van der Waals surface area contributed by atoms with Gasteiger partial charge in [0.15, 0.2) is 0 Å². The number of piperidine rings is 1. The van der Waals surface area contributed by atoms with Crippen molar-refractivity contribution in [2.45, 2.75) is 39.2 Å². The van der Waals surface area contributed by atoms with E-state index in [0.29, 0.717) is 5.88 Å². The average molecular weight is 234 g/mol. The van der Waals surface area contributed by atoms with Crippen LogP contribution in [0.15, 0.2) is 0 Å². The first-order chi connectivity index (χ1) is 6.90. The summed E-state index contributed by atoms with van der Waals surface area (Å²) in [5, 5.41) is 3.23. The van der Waals surface area contributed by atoms with Crippen LogP contribution in [0.25, 0.3) is 0 Å². The Labute approximate surface area is 96.5 Å². The molecule has 1 N–H and O–H groups in total. The van der Waals surface area contributed by atoms with Crippen LogP contribution in [0.2, 0.25) is 0 Å². The van der Waals surface area contributed by atoms with Crippen molar-refractivity contribution in [3.05, 3.63) is 0 Å². The van der Waals surface area contributed by atoms with Gasteiger partial charge in [0.05, 0.1) is 5.41 Å². The normalized spacial score (nSPS) is 21.1. The molecule has 15 heavy (non-hydrogen) atoms. The van der Waals surface area contributed by atoms with Crippen molar-refractivity contribution in [3.63, 3.8) is 0 Å². The van der Waals surface area contributed by atoms with Crippen LogP contribution in [0, 0.1) is 5.41 Å². The van der Waals surface area contributed by atoms with Gasteiger partial charge in [0.1, 0.15) is 5.60 Å². The molecule has 0 unspecified atom stereocenters. The zero-order valence-electron chi connectivity index (χ0n) is 9.73. The quantitative estimate of drug-likeness (QED) is 0.585. The van der Waals surface area contributed by atoms with Gasteiger partial charge in [-0.15, -0.1) is 11.6 Å². The minimum atomic E-state index is -0.472. The fourth-order valence-electron chi connectivity index (χ4n) is 1.68. The van der Waals surface area contributed by atoms with Crippen LogP contribution >= 0.6 is 11.6 Å². The summed E-state index contributed by atoms with van der Waals surface area (Å²) in [4.78, 5) is 12.0. The Bertz CT molecular complexity index is 229. The van der Waals surface area contributed by atoms with Crippen LogP contribution in [0.1, 0.15) is 33.6 Å². The van der Waals surface area contributed by atoms with Crippen LogP contribution in [0.4, 0.5) is 0 Å². The average Bonchev–Trinajstić information content (AvgIpc) is 2.16. The second-order valence-corrected chi connectivity index (χ2v) is 5.43. The molecule has 0 atom stereocenters. The molecule has 0 aromatic heterocycles. The van der Waals surface area contributed by atoms with Crippen LogP contribution in [-0.4, -0.2) is 30.5 Å². The molecule has 1 heterocycles. The van der Waals surface area contributed by atoms with Crippen molar-refractivity contribution >= 4 is 17.6 Å². The van der Waals surface area contributed by atoms with Gasteiger partial charge in [-0.05, 0) is 46.7 Å². The van der Waals surface area contributed by atoms with Crippen molar-refractivity contribution < 1.29 is 9.53 Å². The van der Waals surface area contributed by atoms with Gasteiger partial charge in [-0.3, -0.25) is 4.79 Å². The first-order valence-electron chi connectivity index (χ1n) is 5.40. The standard InChI is InChI=1S/C11H20ClNO2/c1-10(2,3)15-9(14)11(8-12)4-6-13-7-5-11/h13H,4-8H2,1-3H3. The number of esters is 1. The van der Waals surface area contributed by atoms with Gasteiger partial charge in [0.25, 0.3) is 0 Å². The van der Waals surface area contributed by atoms with Gasteiger partial charge in [-0.2, -0.15) is 0 Å². The predicted octanol–water partition coefficient (Wildman–Crippen LogP) is 1.94. The lowest BCUT2D eigenvalue weighted by atomic mass is 9.81. The Morgan fingerprint density at radius 3 is 2.33 bits per heavy atom. The van der Waals surface area contributed by atoms with Crippen LogP contribution in [0.3, 0.4) is 0 Å². The maximum Gasteiger partial charge on any atom is 0.313 e. The number of ether oxygens (including phenoxy) is 1. The highest BCUT2D eigenvalue weighted by Gasteiger charge is 2.41. The van der Waals surface area contributed by atoms with Gasteiger partial charge >= 0.3 is 5.97 Å². The van der Waals surface area contributed by atoms with E-state index in [1.165, 1.54) is 0 Å². The SMILES string of the molecule is CC(C)(C)OC(=O)C1(CCl)CCNCC1. The smallest absolute Gasteiger partial charge is 0.313 e. The van der Waals surface area contributed by atoms with Gasteiger partial charge in [0.2, 0.25) is 0 Å². The molecule has 1 aliphatic rings. The number of nitrogens with one attached hydrogen (secondary N) is 1. The van der Waals surface area contributed by atoms with Gasteiger partial charge < -0.3 is 10.1 Å². The zero-order valence-corrected chi connectivity index (χ0v) is 10.5. The largest absolute Gasteiger partial charge is 0.460 e. The number of carbonyl (C=O) groups is 1. The monoisotopic (exact) mass is 233 g/mol. The van der Waals surface area contributed by atoms with Gasteiger partial charge in [0, 0.05) is 5.88 Å². The molecular weight excluding hydrogens is 214 g/mol. The molecule has 1 aliphatic heterocycles. The Balaban J connectivity index is 2.68. The third-order valence-corrected chi connectivity index (χ3v) is 3.16. The lowest BCUT2D eigenvalue weighted by Gasteiger charge is -2.35. The fourth-order valence-corrected chi connectivity index (χ4v) is 2.06. The number of halogens is 1. The molecule has 0 bridgehead atoms. The summed E-state index contributed by atoms with van der Waals surface area (Å²) in [5.74, 6) is 0.204. The zero-order chi connectivity index (χ0) is 11.5. The molecule has 88 valence electrons. The summed E-state index contributed by atoms with van der Waals surface area (Å²) in [6.45, 7) is 7.33. The number of hydrogen-bond acceptors (Lipinski definition) is 3. The first-order valence-corrected chi connectivity index (χ1v) is 5.93. The van der Waals surface area contributed by atoms with Crippen LogP contribution in [-0.2, 0) is 9.53 Å². The highest BCUT2D eigenvalue weighted by molar-refractivity contribution is 6.19. The fraction of sp³-hybridized carbons (Fsp3) is 0.909. The van der Waals surface area contributed by atoms with E-state index in [9.17, 15) is 4.79 Å². The topological polar surface area (TPSA) is 38.3 Å². The van der Waals surface area contributed by atoms with E-state index in [2.05, 4.69) is 5.32 Å². The molecule has 0 saturated carbocycles. The summed E-state index contributed by atoms with van der Waals surface area (Å²) >= 11 is 5.93. The molecule has 3 nitrogen and oxygen atoms in total. The molecule has 1 fully saturated rings. The van der Waals surface area contributed by atoms with Crippen molar-refractivity contribution in [3.8, 4) is 0 Å². The molecule has 0 aliphatic carbocycles. The predicted molar refractivity (Wildman–Crippen MR) is 61.1 cm³/mol. The van der Waals surface area contributed by atoms with Crippen molar-refractivity contribution in [2.24, 2.45) is 5.41 Å². The third kappa shape index (κ3) is 3.35. The second-order valence-electron chi connectivity index (χ2n) is 5.17. The highest BCUT2D eigenvalue weighted by Crippen LogP contribution is 2.33. The summed E-state index contributed by atoms with van der Waals surface area (Å²) in [6, 6.07) is 0. The van der Waals surface area contributed by atoms with Crippen LogP contribution < -0.4 is 5.32 Å². The maximum atomic E-state index is 12.0. The molecule has 4 heteroatoms. The van der Waals surface area contributed by atoms with Crippen molar-refractivity contribution in [1.82, 2.24) is 5.32 Å². The number of rotatable bonds is 2. The van der Waals surface area contributed by atoms with Crippen molar-refractivity contribution in [1.29, 1.82) is 0 Å². The Morgan fingerprint density at radius 2 is 1.93 bits per heavy atom. The summed E-state index contributed by atoms with van der Waals surface area (Å²) in [5.41, 5.74) is -0.902. The summed E-state index contributed by atoms with van der Waals surface area (Å²) < 4.78 is 5.42. The van der Waals surface area contributed by atoms with Gasteiger partial charge in [-0.25, -0.2) is 0 Å². The second kappa shape index (κ2) is 4.71. The minimum Gasteiger partial charge on any atom is -0.460 e. The number of hydrogen-bond donors (Lipinski definition) is 1. The number of carbonyl (C=O) groups excluding carboxylic acids is 1. The van der Waals surface area contributed by atoms with E-state index in [1.807, 2.05) is 20.8 Å². The summed E-state index contributed by atoms with van der Waals surface area (Å²) in [7, 11) is 0. The molecule has 1 rings (SSSR count). The highest BCUT2D eigenvalue weighted by atomic mass is 35.5. The lowest BCUT2D eigenvalue weighted by Crippen LogP contribution is -2.46. The van der Waals surface area contributed by atoms with E-state index in [0.717, 1.165) is 25.9 Å². The van der Waals surface area contributed by atoms with Crippen molar-refractivity contribution in [2.75, 3.05) is 19.0 Å². The third-order valence-electron chi connectivity index (χ3n) is 2.65. The van der Waals surface area contributed by atoms with E-state index in [4.69, 9.17) is 16.3 Å². The van der Waals surface area contributed by atoms with E-state index in [-0.39, 0.29) is 5.97 Å². The minimum absolute atomic E-state index is 0.147. The molecule has 0 aromatic carbocycles. The molecule has 0 radical (unpaired) electrons. The number of alkyl halides is 1. The van der Waals surface area contributed by atoms with E-state index >= 15 is 0 Å². The Morgan fingerprint density at radius 1 is 1.40 bits per heavy atom. The lowest BCUT2D eigenvalue weighted by molar-refractivity contribution is -0.167. The van der Waals surface area contributed by atoms with Gasteiger partial charge in [-0.1, -0.05) is 0 Å². The van der Waals surface area contributed by atoms with Crippen LogP contribution in [0.5, 0.6) is 0 Å². The molecule has 0 amide bonds. The van der Waals surface area contributed by atoms with E-state index < -0.39 is 11.0 Å². The Hall–Kier alpha value is -0.280. The first kappa shape index (κ1) is 12.8.